The first-order valence-electron chi connectivity index (χ1n) is 10.8. The van der Waals surface area contributed by atoms with Gasteiger partial charge in [0.2, 0.25) is 0 Å². The first kappa shape index (κ1) is 20.0. The molecule has 3 nitrogen and oxygen atoms in total. The zero-order chi connectivity index (χ0) is 20.6. The van der Waals surface area contributed by atoms with E-state index in [1.807, 2.05) is 12.4 Å². The highest BCUT2D eigenvalue weighted by Gasteiger charge is 2.18. The Hall–Kier alpha value is -3.33. The first-order valence-corrected chi connectivity index (χ1v) is 10.8. The van der Waals surface area contributed by atoms with Gasteiger partial charge in [-0.3, -0.25) is 0 Å². The number of hydrogen-bond donors (Lipinski definition) is 1. The summed E-state index contributed by atoms with van der Waals surface area (Å²) in [5.41, 5.74) is 5.83. The Balaban J connectivity index is 1.46. The summed E-state index contributed by atoms with van der Waals surface area (Å²) in [7, 11) is 0. The number of aromatic nitrogens is 2. The molecular weight excluding hydrogens is 366 g/mol. The van der Waals surface area contributed by atoms with Crippen LogP contribution in [0.3, 0.4) is 0 Å². The van der Waals surface area contributed by atoms with Gasteiger partial charge in [-0.25, -0.2) is 4.98 Å². The molecule has 152 valence electrons. The Morgan fingerprint density at radius 3 is 2.03 bits per heavy atom. The number of nitrogens with zero attached hydrogens (tertiary/aromatic N) is 2. The van der Waals surface area contributed by atoms with Crippen LogP contribution in [-0.2, 0) is 0 Å². The summed E-state index contributed by atoms with van der Waals surface area (Å²) in [5.74, 6) is 0. The molecule has 3 heteroatoms. The second-order valence-electron chi connectivity index (χ2n) is 7.72. The van der Waals surface area contributed by atoms with E-state index in [1.165, 1.54) is 23.4 Å². The number of benzene rings is 3. The lowest BCUT2D eigenvalue weighted by Gasteiger charge is -2.18. The molecule has 0 saturated heterocycles. The van der Waals surface area contributed by atoms with E-state index in [1.54, 1.807) is 0 Å². The highest BCUT2D eigenvalue weighted by Crippen LogP contribution is 2.34. The van der Waals surface area contributed by atoms with E-state index < -0.39 is 0 Å². The van der Waals surface area contributed by atoms with Gasteiger partial charge in [-0.2, -0.15) is 0 Å². The van der Waals surface area contributed by atoms with Crippen molar-refractivity contribution in [3.05, 3.63) is 97.3 Å². The van der Waals surface area contributed by atoms with Crippen molar-refractivity contribution in [2.45, 2.75) is 32.2 Å². The van der Waals surface area contributed by atoms with Gasteiger partial charge < -0.3 is 9.88 Å². The second-order valence-corrected chi connectivity index (χ2v) is 7.72. The third-order valence-electron chi connectivity index (χ3n) is 5.51. The molecule has 1 heterocycles. The van der Waals surface area contributed by atoms with E-state index in [0.29, 0.717) is 6.04 Å². The quantitative estimate of drug-likeness (QED) is 0.307. The van der Waals surface area contributed by atoms with Gasteiger partial charge in [0.15, 0.2) is 0 Å². The third kappa shape index (κ3) is 4.80. The lowest BCUT2D eigenvalue weighted by atomic mass is 10.0. The Morgan fingerprint density at radius 2 is 1.37 bits per heavy atom. The minimum absolute atomic E-state index is 0.391. The zero-order valence-corrected chi connectivity index (χ0v) is 17.5. The minimum Gasteiger partial charge on any atom is -0.385 e. The molecule has 0 aliphatic heterocycles. The molecule has 0 aliphatic rings. The lowest BCUT2D eigenvalue weighted by molar-refractivity contribution is 0.486. The summed E-state index contributed by atoms with van der Waals surface area (Å²) in [6.07, 6.45) is 5.46. The van der Waals surface area contributed by atoms with Crippen molar-refractivity contribution in [3.8, 4) is 22.5 Å². The normalized spacial score (nSPS) is 11.9. The first-order chi connectivity index (χ1) is 14.8. The van der Waals surface area contributed by atoms with E-state index in [4.69, 9.17) is 4.98 Å². The van der Waals surface area contributed by atoms with Crippen LogP contribution in [0.25, 0.3) is 22.5 Å². The molecule has 1 aromatic heterocycles. The average Bonchev–Trinajstić information content (AvgIpc) is 3.26. The van der Waals surface area contributed by atoms with Crippen molar-refractivity contribution in [3.63, 3.8) is 0 Å². The maximum Gasteiger partial charge on any atom is 0.0963 e. The molecule has 4 aromatic rings. The predicted molar refractivity (Wildman–Crippen MR) is 127 cm³/mol. The molecule has 0 spiro atoms. The Kier molecular flexibility index (Phi) is 6.61. The van der Waals surface area contributed by atoms with E-state index >= 15 is 0 Å². The van der Waals surface area contributed by atoms with Crippen LogP contribution in [0.1, 0.15) is 32.2 Å². The highest BCUT2D eigenvalue weighted by atomic mass is 15.1. The van der Waals surface area contributed by atoms with E-state index in [2.05, 4.69) is 102 Å². The van der Waals surface area contributed by atoms with Gasteiger partial charge in [0, 0.05) is 29.4 Å². The zero-order valence-electron chi connectivity index (χ0n) is 17.5. The number of imidazole rings is 1. The Labute approximate surface area is 179 Å². The molecule has 1 unspecified atom stereocenters. The molecule has 0 amide bonds. The maximum absolute atomic E-state index is 4.82. The van der Waals surface area contributed by atoms with Gasteiger partial charge in [0.05, 0.1) is 17.7 Å². The molecule has 1 N–H and O–H groups in total. The Bertz CT molecular complexity index is 1020. The van der Waals surface area contributed by atoms with E-state index in [9.17, 15) is 0 Å². The average molecular weight is 396 g/mol. The van der Waals surface area contributed by atoms with Gasteiger partial charge in [-0.05, 0) is 38.3 Å². The summed E-state index contributed by atoms with van der Waals surface area (Å²) >= 11 is 0. The molecule has 0 saturated carbocycles. The van der Waals surface area contributed by atoms with Crippen molar-refractivity contribution in [2.75, 3.05) is 11.9 Å². The van der Waals surface area contributed by atoms with Crippen molar-refractivity contribution in [1.82, 2.24) is 9.55 Å². The van der Waals surface area contributed by atoms with Crippen LogP contribution in [0.15, 0.2) is 97.3 Å². The molecule has 1 atom stereocenters. The number of nitrogens with one attached hydrogen (secondary N) is 1. The molecular formula is C27H29N3. The van der Waals surface area contributed by atoms with Crippen LogP contribution in [0.4, 0.5) is 5.69 Å². The fourth-order valence-electron chi connectivity index (χ4n) is 3.88. The standard InChI is InChI=1S/C27H29N3/c1-22(13-11-12-20-28-25-18-9-4-10-19-25)30-21-29-26(23-14-5-2-6-15-23)27(30)24-16-7-3-8-17-24/h2-10,14-19,21-22,28H,11-13,20H2,1H3. The molecule has 0 bridgehead atoms. The Morgan fingerprint density at radius 1 is 0.767 bits per heavy atom. The van der Waals surface area contributed by atoms with Gasteiger partial charge in [-0.15, -0.1) is 0 Å². The second kappa shape index (κ2) is 9.93. The van der Waals surface area contributed by atoms with Crippen LogP contribution in [0.2, 0.25) is 0 Å². The lowest BCUT2D eigenvalue weighted by Crippen LogP contribution is -2.07. The van der Waals surface area contributed by atoms with Crippen molar-refractivity contribution >= 4 is 5.69 Å². The molecule has 3 aromatic carbocycles. The fraction of sp³-hybridized carbons (Fsp3) is 0.222. The number of unbranched alkanes of at least 4 members (excludes halogenated alkanes) is 1. The highest BCUT2D eigenvalue weighted by molar-refractivity contribution is 5.78. The fourth-order valence-corrected chi connectivity index (χ4v) is 3.88. The number of rotatable bonds is 9. The summed E-state index contributed by atoms with van der Waals surface area (Å²) in [6, 6.07) is 31.9. The van der Waals surface area contributed by atoms with Crippen LogP contribution in [0, 0.1) is 0 Å². The SMILES string of the molecule is CC(CCCCNc1ccccc1)n1cnc(-c2ccccc2)c1-c1ccccc1. The topological polar surface area (TPSA) is 29.9 Å². The van der Waals surface area contributed by atoms with Gasteiger partial charge in [-0.1, -0.05) is 78.9 Å². The van der Waals surface area contributed by atoms with E-state index in [0.717, 1.165) is 30.6 Å². The maximum atomic E-state index is 4.82. The monoisotopic (exact) mass is 395 g/mol. The van der Waals surface area contributed by atoms with Gasteiger partial charge in [0.25, 0.3) is 0 Å². The largest absolute Gasteiger partial charge is 0.385 e. The van der Waals surface area contributed by atoms with E-state index in [-0.39, 0.29) is 0 Å². The molecule has 0 fully saturated rings. The van der Waals surface area contributed by atoms with Crippen LogP contribution < -0.4 is 5.32 Å². The smallest absolute Gasteiger partial charge is 0.0963 e. The van der Waals surface area contributed by atoms with Crippen LogP contribution in [-0.4, -0.2) is 16.1 Å². The van der Waals surface area contributed by atoms with Crippen molar-refractivity contribution in [2.24, 2.45) is 0 Å². The number of anilines is 1. The van der Waals surface area contributed by atoms with Gasteiger partial charge >= 0.3 is 0 Å². The number of para-hydroxylation sites is 1. The summed E-state index contributed by atoms with van der Waals surface area (Å²) in [6.45, 7) is 3.30. The summed E-state index contributed by atoms with van der Waals surface area (Å²) in [4.78, 5) is 4.82. The molecule has 0 aliphatic carbocycles. The third-order valence-corrected chi connectivity index (χ3v) is 5.51. The molecule has 4 rings (SSSR count). The summed E-state index contributed by atoms with van der Waals surface area (Å²) in [5, 5.41) is 3.50. The minimum atomic E-state index is 0.391. The van der Waals surface area contributed by atoms with Crippen LogP contribution in [0.5, 0.6) is 0 Å². The van der Waals surface area contributed by atoms with Crippen molar-refractivity contribution in [1.29, 1.82) is 0 Å². The van der Waals surface area contributed by atoms with Crippen molar-refractivity contribution < 1.29 is 0 Å². The van der Waals surface area contributed by atoms with Gasteiger partial charge in [0.1, 0.15) is 0 Å². The number of hydrogen-bond acceptors (Lipinski definition) is 2. The van der Waals surface area contributed by atoms with Crippen LogP contribution >= 0.6 is 0 Å². The summed E-state index contributed by atoms with van der Waals surface area (Å²) < 4.78 is 2.35. The molecule has 30 heavy (non-hydrogen) atoms. The predicted octanol–water partition coefficient (Wildman–Crippen LogP) is 7.06. The molecule has 0 radical (unpaired) electrons.